The Morgan fingerprint density at radius 1 is 1.43 bits per heavy atom. The molecule has 1 aliphatic rings. The lowest BCUT2D eigenvalue weighted by molar-refractivity contribution is -0.125. The summed E-state index contributed by atoms with van der Waals surface area (Å²) in [5.74, 6) is 0.0554. The van der Waals surface area contributed by atoms with E-state index in [1.165, 1.54) is 0 Å². The summed E-state index contributed by atoms with van der Waals surface area (Å²) in [5, 5.41) is 13.2. The second kappa shape index (κ2) is 7.05. The van der Waals surface area contributed by atoms with Crippen molar-refractivity contribution in [2.75, 3.05) is 19.8 Å². The molecule has 2 rings (SSSR count). The van der Waals surface area contributed by atoms with Crippen molar-refractivity contribution in [2.45, 2.75) is 38.2 Å². The molecule has 1 heterocycles. The van der Waals surface area contributed by atoms with Crippen LogP contribution in [0.15, 0.2) is 30.3 Å². The van der Waals surface area contributed by atoms with Crippen molar-refractivity contribution in [3.8, 4) is 0 Å². The first kappa shape index (κ1) is 16.0. The number of ether oxygens (including phenoxy) is 1. The molecule has 4 nitrogen and oxygen atoms in total. The van der Waals surface area contributed by atoms with Crippen LogP contribution in [0, 0.1) is 5.92 Å². The third-order valence-electron chi connectivity index (χ3n) is 4.33. The Labute approximate surface area is 126 Å². The monoisotopic (exact) mass is 291 g/mol. The van der Waals surface area contributed by atoms with Crippen LogP contribution < -0.4 is 5.32 Å². The third-order valence-corrected chi connectivity index (χ3v) is 4.33. The topological polar surface area (TPSA) is 58.6 Å². The van der Waals surface area contributed by atoms with Gasteiger partial charge in [0.1, 0.15) is 5.60 Å². The fraction of sp³-hybridized carbons (Fsp3) is 0.588. The van der Waals surface area contributed by atoms with E-state index in [9.17, 15) is 9.90 Å². The molecular weight excluding hydrogens is 266 g/mol. The van der Waals surface area contributed by atoms with Crippen LogP contribution in [0.3, 0.4) is 0 Å². The van der Waals surface area contributed by atoms with Gasteiger partial charge in [-0.2, -0.15) is 0 Å². The molecule has 1 aromatic carbocycles. The average Bonchev–Trinajstić information content (AvgIpc) is 2.93. The Morgan fingerprint density at radius 2 is 2.14 bits per heavy atom. The maximum absolute atomic E-state index is 12.6. The van der Waals surface area contributed by atoms with Crippen molar-refractivity contribution in [2.24, 2.45) is 5.92 Å². The lowest BCUT2D eigenvalue weighted by Crippen LogP contribution is -2.45. The molecule has 1 saturated heterocycles. The maximum Gasteiger partial charge on any atom is 0.227 e. The van der Waals surface area contributed by atoms with E-state index in [1.54, 1.807) is 0 Å². The Morgan fingerprint density at radius 3 is 2.71 bits per heavy atom. The molecule has 2 N–H and O–H groups in total. The molecule has 1 aliphatic heterocycles. The summed E-state index contributed by atoms with van der Waals surface area (Å²) < 4.78 is 5.20. The highest BCUT2D eigenvalue weighted by molar-refractivity contribution is 5.84. The van der Waals surface area contributed by atoms with E-state index in [0.717, 1.165) is 12.0 Å². The summed E-state index contributed by atoms with van der Waals surface area (Å²) in [6.45, 7) is 5.29. The lowest BCUT2D eigenvalue weighted by Gasteiger charge is -2.26. The highest BCUT2D eigenvalue weighted by Crippen LogP contribution is 2.27. The maximum atomic E-state index is 12.6. The molecule has 1 amide bonds. The zero-order valence-electron chi connectivity index (χ0n) is 12.8. The summed E-state index contributed by atoms with van der Waals surface area (Å²) in [5.41, 5.74) is 0.116. The van der Waals surface area contributed by atoms with E-state index in [1.807, 2.05) is 30.3 Å². The van der Waals surface area contributed by atoms with E-state index in [-0.39, 0.29) is 24.3 Å². The standard InChI is InChI=1S/C17H25NO3/c1-3-13(2)15(14-7-5-4-6-8-14)16(19)18-11-17(20)9-10-21-12-17/h4-8,13,15,20H,3,9-12H2,1-2H3,(H,18,19). The zero-order chi connectivity index (χ0) is 15.3. The van der Waals surface area contributed by atoms with Gasteiger partial charge in [0.15, 0.2) is 0 Å². The van der Waals surface area contributed by atoms with Gasteiger partial charge in [0.05, 0.1) is 12.5 Å². The van der Waals surface area contributed by atoms with Gasteiger partial charge in [-0.3, -0.25) is 4.79 Å². The molecule has 116 valence electrons. The number of hydrogen-bond acceptors (Lipinski definition) is 3. The minimum Gasteiger partial charge on any atom is -0.386 e. The smallest absolute Gasteiger partial charge is 0.227 e. The van der Waals surface area contributed by atoms with E-state index in [0.29, 0.717) is 19.6 Å². The molecule has 0 aliphatic carbocycles. The Balaban J connectivity index is 2.04. The predicted molar refractivity (Wildman–Crippen MR) is 82.0 cm³/mol. The van der Waals surface area contributed by atoms with Gasteiger partial charge in [-0.1, -0.05) is 50.6 Å². The van der Waals surface area contributed by atoms with Gasteiger partial charge < -0.3 is 15.2 Å². The van der Waals surface area contributed by atoms with Crippen molar-refractivity contribution >= 4 is 5.91 Å². The number of carbonyl (C=O) groups excluding carboxylic acids is 1. The number of hydrogen-bond donors (Lipinski definition) is 2. The quantitative estimate of drug-likeness (QED) is 0.843. The highest BCUT2D eigenvalue weighted by atomic mass is 16.5. The second-order valence-electron chi connectivity index (χ2n) is 6.02. The van der Waals surface area contributed by atoms with E-state index in [2.05, 4.69) is 19.2 Å². The first-order valence-electron chi connectivity index (χ1n) is 7.68. The summed E-state index contributed by atoms with van der Waals surface area (Å²) in [7, 11) is 0. The molecule has 0 saturated carbocycles. The van der Waals surface area contributed by atoms with Crippen molar-refractivity contribution < 1.29 is 14.6 Å². The Kier molecular flexibility index (Phi) is 5.37. The molecule has 3 atom stereocenters. The number of carbonyl (C=O) groups is 1. The first-order chi connectivity index (χ1) is 10.1. The van der Waals surface area contributed by atoms with Gasteiger partial charge in [0.25, 0.3) is 0 Å². The molecule has 21 heavy (non-hydrogen) atoms. The first-order valence-corrected chi connectivity index (χ1v) is 7.68. The van der Waals surface area contributed by atoms with Crippen LogP contribution in [0.2, 0.25) is 0 Å². The molecule has 1 fully saturated rings. The van der Waals surface area contributed by atoms with Gasteiger partial charge in [-0.15, -0.1) is 0 Å². The van der Waals surface area contributed by atoms with Crippen LogP contribution in [-0.2, 0) is 9.53 Å². The SMILES string of the molecule is CCC(C)C(C(=O)NCC1(O)CCOC1)c1ccccc1. The molecule has 3 unspecified atom stereocenters. The van der Waals surface area contributed by atoms with Crippen LogP contribution >= 0.6 is 0 Å². The van der Waals surface area contributed by atoms with Gasteiger partial charge in [0.2, 0.25) is 5.91 Å². The number of benzene rings is 1. The van der Waals surface area contributed by atoms with E-state index in [4.69, 9.17) is 4.74 Å². The number of aliphatic hydroxyl groups is 1. The van der Waals surface area contributed by atoms with Crippen molar-refractivity contribution in [1.29, 1.82) is 0 Å². The Hall–Kier alpha value is -1.39. The molecule has 0 radical (unpaired) electrons. The minimum absolute atomic E-state index is 0.0177. The molecular formula is C17H25NO3. The predicted octanol–water partition coefficient (Wildman–Crippen LogP) is 2.08. The summed E-state index contributed by atoms with van der Waals surface area (Å²) in [6, 6.07) is 9.84. The van der Waals surface area contributed by atoms with Gasteiger partial charge in [-0.25, -0.2) is 0 Å². The minimum atomic E-state index is -0.910. The van der Waals surface area contributed by atoms with Crippen LogP contribution in [0.1, 0.15) is 38.2 Å². The third kappa shape index (κ3) is 4.05. The van der Waals surface area contributed by atoms with Crippen LogP contribution in [-0.4, -0.2) is 36.4 Å². The highest BCUT2D eigenvalue weighted by Gasteiger charge is 2.34. The number of amides is 1. The molecule has 0 spiro atoms. The Bertz CT molecular complexity index is 454. The van der Waals surface area contributed by atoms with Crippen molar-refractivity contribution in [3.63, 3.8) is 0 Å². The molecule has 4 heteroatoms. The molecule has 0 aromatic heterocycles. The number of nitrogens with one attached hydrogen (secondary N) is 1. The van der Waals surface area contributed by atoms with Crippen LogP contribution in [0.4, 0.5) is 0 Å². The van der Waals surface area contributed by atoms with E-state index >= 15 is 0 Å². The lowest BCUT2D eigenvalue weighted by atomic mass is 9.84. The average molecular weight is 291 g/mol. The van der Waals surface area contributed by atoms with Gasteiger partial charge in [0, 0.05) is 19.6 Å². The van der Waals surface area contributed by atoms with Crippen LogP contribution in [0.25, 0.3) is 0 Å². The normalized spacial score (nSPS) is 24.5. The summed E-state index contributed by atoms with van der Waals surface area (Å²) >= 11 is 0. The van der Waals surface area contributed by atoms with Gasteiger partial charge in [-0.05, 0) is 11.5 Å². The van der Waals surface area contributed by atoms with Crippen LogP contribution in [0.5, 0.6) is 0 Å². The largest absolute Gasteiger partial charge is 0.386 e. The summed E-state index contributed by atoms with van der Waals surface area (Å²) in [4.78, 5) is 12.6. The zero-order valence-corrected chi connectivity index (χ0v) is 12.8. The summed E-state index contributed by atoms with van der Waals surface area (Å²) in [6.07, 6.45) is 1.51. The van der Waals surface area contributed by atoms with Crippen molar-refractivity contribution in [1.82, 2.24) is 5.32 Å². The van der Waals surface area contributed by atoms with Crippen molar-refractivity contribution in [3.05, 3.63) is 35.9 Å². The van der Waals surface area contributed by atoms with Gasteiger partial charge >= 0.3 is 0 Å². The number of rotatable bonds is 6. The molecule has 0 bridgehead atoms. The second-order valence-corrected chi connectivity index (χ2v) is 6.02. The molecule has 1 aromatic rings. The van der Waals surface area contributed by atoms with E-state index < -0.39 is 5.60 Å². The fourth-order valence-electron chi connectivity index (χ4n) is 2.73. The fourth-order valence-corrected chi connectivity index (χ4v) is 2.73.